The van der Waals surface area contributed by atoms with Gasteiger partial charge in [-0.25, -0.2) is 14.8 Å². The van der Waals surface area contributed by atoms with Crippen molar-refractivity contribution in [3.63, 3.8) is 0 Å². The molecule has 0 unspecified atom stereocenters. The van der Waals surface area contributed by atoms with Crippen molar-refractivity contribution in [2.24, 2.45) is 0 Å². The summed E-state index contributed by atoms with van der Waals surface area (Å²) in [6.07, 6.45) is 2.51. The predicted octanol–water partition coefficient (Wildman–Crippen LogP) is 3.18. The number of nitrogens with one attached hydrogen (secondary N) is 1. The third kappa shape index (κ3) is 2.88. The Morgan fingerprint density at radius 2 is 2.22 bits per heavy atom. The molecular formula is C11H7ClIN3O2. The maximum absolute atomic E-state index is 11.0. The summed E-state index contributed by atoms with van der Waals surface area (Å²) in [5.74, 6) is -0.889. The molecule has 1 aromatic carbocycles. The molecule has 0 fully saturated rings. The van der Waals surface area contributed by atoms with Crippen LogP contribution < -0.4 is 5.32 Å². The Labute approximate surface area is 121 Å². The van der Waals surface area contributed by atoms with Gasteiger partial charge in [0.05, 0.1) is 10.7 Å². The second kappa shape index (κ2) is 5.49. The van der Waals surface area contributed by atoms with Gasteiger partial charge in [0, 0.05) is 9.77 Å². The number of nitrogens with zero attached hydrogens (tertiary/aromatic N) is 2. The highest BCUT2D eigenvalue weighted by Crippen LogP contribution is 2.27. The standard InChI is InChI=1S/C11H7ClIN3O2/c12-8-3-6(13)1-2-9(8)16-10-7(11(17)18)4-14-5-15-10/h1-5H,(H,17,18)(H,14,15,16). The molecule has 0 saturated carbocycles. The van der Waals surface area contributed by atoms with Gasteiger partial charge in [0.15, 0.2) is 0 Å². The molecule has 1 heterocycles. The normalized spacial score (nSPS) is 10.1. The van der Waals surface area contributed by atoms with Crippen molar-refractivity contribution in [2.75, 3.05) is 5.32 Å². The summed E-state index contributed by atoms with van der Waals surface area (Å²) in [7, 11) is 0. The minimum Gasteiger partial charge on any atom is -0.477 e. The number of carbonyl (C=O) groups is 1. The van der Waals surface area contributed by atoms with E-state index in [-0.39, 0.29) is 11.4 Å². The van der Waals surface area contributed by atoms with Crippen molar-refractivity contribution in [3.05, 3.63) is 44.9 Å². The Kier molecular flexibility index (Phi) is 3.97. The summed E-state index contributed by atoms with van der Waals surface area (Å²) in [5.41, 5.74) is 0.588. The van der Waals surface area contributed by atoms with Crippen molar-refractivity contribution >= 4 is 51.7 Å². The van der Waals surface area contributed by atoms with E-state index in [9.17, 15) is 4.79 Å². The van der Waals surface area contributed by atoms with Gasteiger partial charge in [-0.3, -0.25) is 0 Å². The minimum atomic E-state index is -1.10. The third-order valence-corrected chi connectivity index (χ3v) is 3.11. The summed E-state index contributed by atoms with van der Waals surface area (Å²) in [6.45, 7) is 0. The number of benzene rings is 1. The summed E-state index contributed by atoms with van der Waals surface area (Å²) in [6, 6.07) is 5.39. The van der Waals surface area contributed by atoms with Crippen molar-refractivity contribution in [2.45, 2.75) is 0 Å². The van der Waals surface area contributed by atoms with E-state index >= 15 is 0 Å². The first-order chi connectivity index (χ1) is 8.58. The molecular weight excluding hydrogens is 368 g/mol. The van der Waals surface area contributed by atoms with Crippen LogP contribution in [-0.2, 0) is 0 Å². The fourth-order valence-electron chi connectivity index (χ4n) is 1.30. The van der Waals surface area contributed by atoms with E-state index < -0.39 is 5.97 Å². The average Bonchev–Trinajstić information content (AvgIpc) is 2.33. The average molecular weight is 376 g/mol. The summed E-state index contributed by atoms with van der Waals surface area (Å²) in [5, 5.41) is 12.4. The van der Waals surface area contributed by atoms with Crippen molar-refractivity contribution in [1.82, 2.24) is 9.97 Å². The Morgan fingerprint density at radius 1 is 1.44 bits per heavy atom. The molecule has 92 valence electrons. The van der Waals surface area contributed by atoms with Gasteiger partial charge < -0.3 is 10.4 Å². The van der Waals surface area contributed by atoms with Gasteiger partial charge in [0.2, 0.25) is 0 Å². The lowest BCUT2D eigenvalue weighted by Crippen LogP contribution is -2.05. The van der Waals surface area contributed by atoms with Crippen LogP contribution in [0.1, 0.15) is 10.4 Å². The van der Waals surface area contributed by atoms with Crippen LogP contribution in [0.3, 0.4) is 0 Å². The quantitative estimate of drug-likeness (QED) is 0.806. The lowest BCUT2D eigenvalue weighted by atomic mass is 10.2. The van der Waals surface area contributed by atoms with E-state index in [1.807, 2.05) is 6.07 Å². The molecule has 1 aromatic heterocycles. The van der Waals surface area contributed by atoms with E-state index in [0.29, 0.717) is 10.7 Å². The van der Waals surface area contributed by atoms with E-state index in [1.54, 1.807) is 12.1 Å². The lowest BCUT2D eigenvalue weighted by Gasteiger charge is -2.09. The second-order valence-electron chi connectivity index (χ2n) is 3.34. The number of anilines is 2. The van der Waals surface area contributed by atoms with Crippen LogP contribution in [-0.4, -0.2) is 21.0 Å². The van der Waals surface area contributed by atoms with E-state index in [0.717, 1.165) is 3.57 Å². The molecule has 2 rings (SSSR count). The molecule has 0 atom stereocenters. The first kappa shape index (κ1) is 13.0. The van der Waals surface area contributed by atoms with E-state index in [2.05, 4.69) is 37.9 Å². The molecule has 7 heteroatoms. The highest BCUT2D eigenvalue weighted by Gasteiger charge is 2.12. The highest BCUT2D eigenvalue weighted by atomic mass is 127. The van der Waals surface area contributed by atoms with Crippen molar-refractivity contribution < 1.29 is 9.90 Å². The fourth-order valence-corrected chi connectivity index (χ4v) is 2.21. The Bertz CT molecular complexity index is 607. The molecule has 0 spiro atoms. The zero-order valence-corrected chi connectivity index (χ0v) is 11.8. The monoisotopic (exact) mass is 375 g/mol. The molecule has 0 amide bonds. The van der Waals surface area contributed by atoms with Crippen LogP contribution in [0.2, 0.25) is 5.02 Å². The SMILES string of the molecule is O=C(O)c1cncnc1Nc1ccc(I)cc1Cl. The number of rotatable bonds is 3. The number of hydrogen-bond donors (Lipinski definition) is 2. The van der Waals surface area contributed by atoms with Gasteiger partial charge in [-0.1, -0.05) is 11.6 Å². The zero-order valence-electron chi connectivity index (χ0n) is 8.89. The van der Waals surface area contributed by atoms with Crippen LogP contribution in [0, 0.1) is 3.57 Å². The van der Waals surface area contributed by atoms with Crippen LogP contribution in [0.4, 0.5) is 11.5 Å². The van der Waals surface area contributed by atoms with Crippen molar-refractivity contribution in [3.8, 4) is 0 Å². The number of halogens is 2. The zero-order chi connectivity index (χ0) is 13.1. The van der Waals surface area contributed by atoms with Crippen LogP contribution in [0.5, 0.6) is 0 Å². The van der Waals surface area contributed by atoms with Crippen LogP contribution in [0.15, 0.2) is 30.7 Å². The lowest BCUT2D eigenvalue weighted by molar-refractivity contribution is 0.0697. The number of carboxylic acids is 1. The van der Waals surface area contributed by atoms with Gasteiger partial charge in [0.1, 0.15) is 17.7 Å². The van der Waals surface area contributed by atoms with Crippen LogP contribution in [0.25, 0.3) is 0 Å². The molecule has 0 saturated heterocycles. The molecule has 0 bridgehead atoms. The number of carboxylic acid groups (broad SMARTS) is 1. The molecule has 2 aromatic rings. The van der Waals surface area contributed by atoms with Gasteiger partial charge in [-0.15, -0.1) is 0 Å². The van der Waals surface area contributed by atoms with Gasteiger partial charge in [-0.2, -0.15) is 0 Å². The summed E-state index contributed by atoms with van der Waals surface area (Å²) < 4.78 is 0.990. The van der Waals surface area contributed by atoms with Gasteiger partial charge in [-0.05, 0) is 40.8 Å². The molecule has 0 aliphatic rings. The second-order valence-corrected chi connectivity index (χ2v) is 4.99. The first-order valence-corrected chi connectivity index (χ1v) is 6.29. The predicted molar refractivity (Wildman–Crippen MR) is 76.4 cm³/mol. The van der Waals surface area contributed by atoms with E-state index in [4.69, 9.17) is 16.7 Å². The molecule has 18 heavy (non-hydrogen) atoms. The Hall–Kier alpha value is -1.41. The maximum Gasteiger partial charge on any atom is 0.341 e. The minimum absolute atomic E-state index is 0.00730. The number of aromatic carboxylic acids is 1. The smallest absolute Gasteiger partial charge is 0.341 e. The van der Waals surface area contributed by atoms with Gasteiger partial charge in [0.25, 0.3) is 0 Å². The molecule has 0 aliphatic carbocycles. The number of aromatic nitrogens is 2. The number of hydrogen-bond acceptors (Lipinski definition) is 4. The highest BCUT2D eigenvalue weighted by molar-refractivity contribution is 14.1. The van der Waals surface area contributed by atoms with Crippen molar-refractivity contribution in [1.29, 1.82) is 0 Å². The summed E-state index contributed by atoms with van der Waals surface area (Å²) >= 11 is 8.19. The fraction of sp³-hybridized carbons (Fsp3) is 0. The molecule has 2 N–H and O–H groups in total. The first-order valence-electron chi connectivity index (χ1n) is 4.83. The maximum atomic E-state index is 11.0. The Morgan fingerprint density at radius 3 is 2.89 bits per heavy atom. The molecule has 5 nitrogen and oxygen atoms in total. The topological polar surface area (TPSA) is 75.1 Å². The molecule has 0 radical (unpaired) electrons. The molecule has 0 aliphatic heterocycles. The van der Waals surface area contributed by atoms with Gasteiger partial charge >= 0.3 is 5.97 Å². The van der Waals surface area contributed by atoms with E-state index in [1.165, 1.54) is 12.5 Å². The third-order valence-electron chi connectivity index (χ3n) is 2.13. The largest absolute Gasteiger partial charge is 0.477 e. The Balaban J connectivity index is 2.37. The van der Waals surface area contributed by atoms with Crippen LogP contribution >= 0.6 is 34.2 Å². The summed E-state index contributed by atoms with van der Waals surface area (Å²) in [4.78, 5) is 18.6.